The van der Waals surface area contributed by atoms with Gasteiger partial charge in [-0.05, 0) is 44.4 Å². The van der Waals surface area contributed by atoms with Gasteiger partial charge in [0, 0.05) is 31.7 Å². The number of hydrogen-bond donors (Lipinski definition) is 0. The van der Waals surface area contributed by atoms with E-state index in [0.29, 0.717) is 26.2 Å². The molecule has 27 heavy (non-hydrogen) atoms. The summed E-state index contributed by atoms with van der Waals surface area (Å²) in [6.45, 7) is 6.51. The lowest BCUT2D eigenvalue weighted by Crippen LogP contribution is -2.53. The maximum absolute atomic E-state index is 13.2. The summed E-state index contributed by atoms with van der Waals surface area (Å²) in [4.78, 5) is 29.7. The Hall–Kier alpha value is -2.62. The number of rotatable bonds is 3. The number of nitrogens with zero attached hydrogens (tertiary/aromatic N) is 2. The summed E-state index contributed by atoms with van der Waals surface area (Å²) < 4.78 is 0. The first kappa shape index (κ1) is 17.8. The van der Waals surface area contributed by atoms with Crippen molar-refractivity contribution < 1.29 is 9.59 Å². The van der Waals surface area contributed by atoms with Crippen molar-refractivity contribution in [2.45, 2.75) is 32.1 Å². The highest BCUT2D eigenvalue weighted by Gasteiger charge is 2.53. The minimum Gasteiger partial charge on any atom is -0.338 e. The lowest BCUT2D eigenvalue weighted by atomic mass is 9.92. The molecule has 140 valence electrons. The minimum atomic E-state index is -0.324. The van der Waals surface area contributed by atoms with Crippen molar-refractivity contribution in [2.75, 3.05) is 26.2 Å². The first-order chi connectivity index (χ1) is 13.0. The highest BCUT2D eigenvalue weighted by molar-refractivity contribution is 5.95. The van der Waals surface area contributed by atoms with Gasteiger partial charge in [-0.1, -0.05) is 47.5 Å². The second-order valence-electron chi connectivity index (χ2n) is 7.90. The normalized spacial score (nSPS) is 18.3. The molecule has 1 heterocycles. The molecule has 1 aliphatic carbocycles. The molecule has 2 amide bonds. The molecule has 0 spiro atoms. The lowest BCUT2D eigenvalue weighted by molar-refractivity contribution is -0.135. The molecule has 4 heteroatoms. The Labute approximate surface area is 160 Å². The Morgan fingerprint density at radius 3 is 2.04 bits per heavy atom. The fourth-order valence-electron chi connectivity index (χ4n) is 3.99. The highest BCUT2D eigenvalue weighted by atomic mass is 16.2. The van der Waals surface area contributed by atoms with Crippen LogP contribution in [0.4, 0.5) is 0 Å². The van der Waals surface area contributed by atoms with Crippen molar-refractivity contribution in [3.05, 3.63) is 70.8 Å². The molecule has 2 aliphatic rings. The number of piperazine rings is 1. The molecule has 1 saturated heterocycles. The predicted octanol–water partition coefficient (Wildman–Crippen LogP) is 3.32. The van der Waals surface area contributed by atoms with Crippen LogP contribution < -0.4 is 0 Å². The van der Waals surface area contributed by atoms with E-state index in [1.165, 1.54) is 5.56 Å². The topological polar surface area (TPSA) is 40.6 Å². The van der Waals surface area contributed by atoms with Crippen LogP contribution >= 0.6 is 0 Å². The zero-order chi connectivity index (χ0) is 19.0. The third kappa shape index (κ3) is 3.36. The lowest BCUT2D eigenvalue weighted by Gasteiger charge is -2.36. The van der Waals surface area contributed by atoms with Gasteiger partial charge in [0.2, 0.25) is 5.91 Å². The Morgan fingerprint density at radius 2 is 1.44 bits per heavy atom. The van der Waals surface area contributed by atoms with Gasteiger partial charge in [0.15, 0.2) is 0 Å². The smallest absolute Gasteiger partial charge is 0.253 e. The Kier molecular flexibility index (Phi) is 4.50. The van der Waals surface area contributed by atoms with Crippen molar-refractivity contribution in [1.82, 2.24) is 9.80 Å². The summed E-state index contributed by atoms with van der Waals surface area (Å²) in [6.07, 6.45) is 1.86. The van der Waals surface area contributed by atoms with Crippen LogP contribution in [0.3, 0.4) is 0 Å². The molecule has 4 nitrogen and oxygen atoms in total. The molecule has 1 saturated carbocycles. The van der Waals surface area contributed by atoms with Crippen LogP contribution in [0.5, 0.6) is 0 Å². The zero-order valence-electron chi connectivity index (χ0n) is 16.1. The number of hydrogen-bond acceptors (Lipinski definition) is 2. The van der Waals surface area contributed by atoms with E-state index < -0.39 is 0 Å². The standard InChI is InChI=1S/C23H26N2O2/c1-17-6-8-19(9-7-17)21(26)24-12-14-25(15-13-24)22(27)23(10-11-23)20-5-3-4-18(2)16-20/h3-9,16H,10-15H2,1-2H3. The quantitative estimate of drug-likeness (QED) is 0.840. The van der Waals surface area contributed by atoms with E-state index in [1.807, 2.05) is 47.1 Å². The van der Waals surface area contributed by atoms with E-state index in [-0.39, 0.29) is 17.2 Å². The zero-order valence-corrected chi connectivity index (χ0v) is 16.1. The monoisotopic (exact) mass is 362 g/mol. The van der Waals surface area contributed by atoms with Crippen molar-refractivity contribution >= 4 is 11.8 Å². The van der Waals surface area contributed by atoms with E-state index in [9.17, 15) is 9.59 Å². The van der Waals surface area contributed by atoms with E-state index in [4.69, 9.17) is 0 Å². The van der Waals surface area contributed by atoms with Crippen molar-refractivity contribution in [1.29, 1.82) is 0 Å². The average molecular weight is 362 g/mol. The second-order valence-corrected chi connectivity index (χ2v) is 7.90. The third-order valence-corrected chi connectivity index (χ3v) is 5.88. The number of benzene rings is 2. The predicted molar refractivity (Wildman–Crippen MR) is 106 cm³/mol. The number of aryl methyl sites for hydroxylation is 2. The van der Waals surface area contributed by atoms with E-state index in [1.54, 1.807) is 0 Å². The molecule has 0 bridgehead atoms. The Balaban J connectivity index is 1.41. The van der Waals surface area contributed by atoms with Gasteiger partial charge in [-0.15, -0.1) is 0 Å². The first-order valence-electron chi connectivity index (χ1n) is 9.72. The maximum atomic E-state index is 13.2. The van der Waals surface area contributed by atoms with Gasteiger partial charge in [0.05, 0.1) is 5.41 Å². The molecule has 0 atom stereocenters. The molecule has 0 radical (unpaired) electrons. The fraction of sp³-hybridized carbons (Fsp3) is 0.391. The van der Waals surface area contributed by atoms with E-state index in [0.717, 1.165) is 29.5 Å². The summed E-state index contributed by atoms with van der Waals surface area (Å²) in [6, 6.07) is 16.0. The third-order valence-electron chi connectivity index (χ3n) is 5.88. The first-order valence-corrected chi connectivity index (χ1v) is 9.72. The van der Waals surface area contributed by atoms with Crippen LogP contribution in [0, 0.1) is 13.8 Å². The second kappa shape index (κ2) is 6.84. The molecule has 0 unspecified atom stereocenters. The average Bonchev–Trinajstić information content (AvgIpc) is 3.50. The van der Waals surface area contributed by atoms with Crippen molar-refractivity contribution in [3.8, 4) is 0 Å². The van der Waals surface area contributed by atoms with Gasteiger partial charge in [-0.3, -0.25) is 9.59 Å². The summed E-state index contributed by atoms with van der Waals surface area (Å²) in [5.74, 6) is 0.289. The summed E-state index contributed by atoms with van der Waals surface area (Å²) in [7, 11) is 0. The van der Waals surface area contributed by atoms with Gasteiger partial charge < -0.3 is 9.80 Å². The largest absolute Gasteiger partial charge is 0.338 e. The Bertz CT molecular complexity index is 860. The molecule has 0 N–H and O–H groups in total. The van der Waals surface area contributed by atoms with Gasteiger partial charge in [0.1, 0.15) is 0 Å². The summed E-state index contributed by atoms with van der Waals surface area (Å²) in [5.41, 5.74) is 3.88. The number of carbonyl (C=O) groups excluding carboxylic acids is 2. The molecule has 2 aromatic rings. The molecular formula is C23H26N2O2. The van der Waals surface area contributed by atoms with Crippen LogP contribution in [0.1, 0.15) is 39.9 Å². The molecular weight excluding hydrogens is 336 g/mol. The summed E-state index contributed by atoms with van der Waals surface area (Å²) in [5, 5.41) is 0. The van der Waals surface area contributed by atoms with Gasteiger partial charge >= 0.3 is 0 Å². The maximum Gasteiger partial charge on any atom is 0.253 e. The minimum absolute atomic E-state index is 0.0573. The van der Waals surface area contributed by atoms with Crippen LogP contribution in [0.25, 0.3) is 0 Å². The van der Waals surface area contributed by atoms with Crippen molar-refractivity contribution in [3.63, 3.8) is 0 Å². The van der Waals surface area contributed by atoms with E-state index >= 15 is 0 Å². The molecule has 4 rings (SSSR count). The van der Waals surface area contributed by atoms with Crippen LogP contribution in [-0.2, 0) is 10.2 Å². The van der Waals surface area contributed by atoms with Gasteiger partial charge in [-0.25, -0.2) is 0 Å². The molecule has 0 aromatic heterocycles. The number of amides is 2. The SMILES string of the molecule is Cc1ccc(C(=O)N2CCN(C(=O)C3(c4cccc(C)c4)CC3)CC2)cc1. The van der Waals surface area contributed by atoms with Crippen LogP contribution in [0.2, 0.25) is 0 Å². The van der Waals surface area contributed by atoms with Gasteiger partial charge in [-0.2, -0.15) is 0 Å². The Morgan fingerprint density at radius 1 is 0.815 bits per heavy atom. The van der Waals surface area contributed by atoms with Crippen LogP contribution in [-0.4, -0.2) is 47.8 Å². The molecule has 2 fully saturated rings. The molecule has 2 aromatic carbocycles. The number of carbonyl (C=O) groups is 2. The highest BCUT2D eigenvalue weighted by Crippen LogP contribution is 2.49. The fourth-order valence-corrected chi connectivity index (χ4v) is 3.99. The van der Waals surface area contributed by atoms with Crippen LogP contribution in [0.15, 0.2) is 48.5 Å². The summed E-state index contributed by atoms with van der Waals surface area (Å²) >= 11 is 0. The van der Waals surface area contributed by atoms with E-state index in [2.05, 4.69) is 25.1 Å². The molecule has 1 aliphatic heterocycles. The van der Waals surface area contributed by atoms with Gasteiger partial charge in [0.25, 0.3) is 5.91 Å². The van der Waals surface area contributed by atoms with Crippen molar-refractivity contribution in [2.24, 2.45) is 0 Å².